The highest BCUT2D eigenvalue weighted by Gasteiger charge is 2.26. The van der Waals surface area contributed by atoms with Crippen LogP contribution in [0.4, 0.5) is 11.5 Å². The highest BCUT2D eigenvalue weighted by atomic mass is 16.1. The molecule has 3 heterocycles. The average Bonchev–Trinajstić information content (AvgIpc) is 3.35. The molecule has 6 rings (SSSR count). The normalized spacial score (nSPS) is 13.2. The van der Waals surface area contributed by atoms with Gasteiger partial charge >= 0.3 is 0 Å². The molecule has 5 aromatic rings. The summed E-state index contributed by atoms with van der Waals surface area (Å²) >= 11 is 0. The molecule has 7 nitrogen and oxygen atoms in total. The number of benzene rings is 2. The Hall–Kier alpha value is -4.31. The summed E-state index contributed by atoms with van der Waals surface area (Å²) in [5.74, 6) is 0.836. The van der Waals surface area contributed by atoms with Crippen LogP contribution >= 0.6 is 0 Å². The molecule has 0 spiro atoms. The summed E-state index contributed by atoms with van der Waals surface area (Å²) in [6.07, 6.45) is 3.79. The fraction of sp³-hybridized carbons (Fsp3) is 0.222. The van der Waals surface area contributed by atoms with Crippen molar-refractivity contribution in [3.63, 3.8) is 0 Å². The predicted molar refractivity (Wildman–Crippen MR) is 133 cm³/mol. The molecule has 0 saturated heterocycles. The standard InChI is InChI=1S/C27H24N6O/c1-17-24(27(34)33(31(17)2)18-10-4-3-5-11-18)30-25-20-13-7-6-12-19(20)21(16-28)26-29-22-14-8-9-15-23(22)32(25)26/h3-5,8-11,14-15,30H,6-7,12-13H2,1-2H3. The third kappa shape index (κ3) is 2.82. The number of fused-ring (bicyclic) bond motifs is 4. The lowest BCUT2D eigenvalue weighted by atomic mass is 9.89. The predicted octanol–water partition coefficient (Wildman–Crippen LogP) is 4.78. The van der Waals surface area contributed by atoms with E-state index >= 15 is 0 Å². The van der Waals surface area contributed by atoms with Crippen LogP contribution in [0.1, 0.15) is 35.2 Å². The summed E-state index contributed by atoms with van der Waals surface area (Å²) in [6, 6.07) is 20.0. The molecular weight excluding hydrogens is 424 g/mol. The summed E-state index contributed by atoms with van der Waals surface area (Å²) in [5, 5.41) is 13.6. The van der Waals surface area contributed by atoms with Crippen molar-refractivity contribution in [2.24, 2.45) is 7.05 Å². The fourth-order valence-electron chi connectivity index (χ4n) is 5.21. The number of pyridine rings is 1. The van der Waals surface area contributed by atoms with Gasteiger partial charge in [0.2, 0.25) is 0 Å². The zero-order chi connectivity index (χ0) is 23.4. The summed E-state index contributed by atoms with van der Waals surface area (Å²) in [7, 11) is 1.89. The third-order valence-corrected chi connectivity index (χ3v) is 6.97. The minimum atomic E-state index is -0.113. The Kier molecular flexibility index (Phi) is 4.56. The number of nitrogens with one attached hydrogen (secondary N) is 1. The van der Waals surface area contributed by atoms with Crippen molar-refractivity contribution in [2.75, 3.05) is 5.32 Å². The number of imidazole rings is 1. The summed E-state index contributed by atoms with van der Waals surface area (Å²) in [5.41, 5.74) is 7.25. The smallest absolute Gasteiger partial charge is 0.295 e. The van der Waals surface area contributed by atoms with Gasteiger partial charge in [-0.1, -0.05) is 30.3 Å². The largest absolute Gasteiger partial charge is 0.335 e. The summed E-state index contributed by atoms with van der Waals surface area (Å²) in [6.45, 7) is 1.95. The lowest BCUT2D eigenvalue weighted by Crippen LogP contribution is -2.21. The van der Waals surface area contributed by atoms with E-state index in [1.54, 1.807) is 4.68 Å². The Morgan fingerprint density at radius 3 is 2.47 bits per heavy atom. The maximum Gasteiger partial charge on any atom is 0.295 e. The average molecular weight is 449 g/mol. The topological polar surface area (TPSA) is 80.1 Å². The zero-order valence-electron chi connectivity index (χ0n) is 19.2. The van der Waals surface area contributed by atoms with Gasteiger partial charge in [0.25, 0.3) is 5.56 Å². The first-order chi connectivity index (χ1) is 16.6. The molecule has 2 aromatic carbocycles. The summed E-state index contributed by atoms with van der Waals surface area (Å²) < 4.78 is 5.58. The first kappa shape index (κ1) is 20.3. The molecule has 1 N–H and O–H groups in total. The lowest BCUT2D eigenvalue weighted by Gasteiger charge is -2.23. The number of aromatic nitrogens is 4. The van der Waals surface area contributed by atoms with Gasteiger partial charge in [-0.2, -0.15) is 5.26 Å². The second-order valence-corrected chi connectivity index (χ2v) is 8.82. The van der Waals surface area contributed by atoms with E-state index in [4.69, 9.17) is 4.98 Å². The van der Waals surface area contributed by atoms with Gasteiger partial charge in [0.15, 0.2) is 5.65 Å². The number of para-hydroxylation sites is 3. The van der Waals surface area contributed by atoms with E-state index in [2.05, 4.69) is 11.4 Å². The van der Waals surface area contributed by atoms with Crippen LogP contribution in [0.2, 0.25) is 0 Å². The van der Waals surface area contributed by atoms with E-state index in [1.807, 2.05) is 77.7 Å². The molecule has 0 aliphatic heterocycles. The SMILES string of the molecule is Cc1c(Nc2c3c(c(C#N)c4nc5ccccc5n24)CCCC3)c(=O)n(-c2ccccc2)n1C. The van der Waals surface area contributed by atoms with Gasteiger partial charge in [-0.15, -0.1) is 0 Å². The molecule has 1 aliphatic carbocycles. The van der Waals surface area contributed by atoms with Gasteiger partial charge < -0.3 is 5.32 Å². The molecule has 34 heavy (non-hydrogen) atoms. The Morgan fingerprint density at radius 2 is 1.71 bits per heavy atom. The number of nitrogens with zero attached hydrogens (tertiary/aromatic N) is 5. The van der Waals surface area contributed by atoms with Crippen LogP contribution in [-0.2, 0) is 19.9 Å². The maximum absolute atomic E-state index is 13.6. The van der Waals surface area contributed by atoms with Crippen LogP contribution in [0.25, 0.3) is 22.4 Å². The van der Waals surface area contributed by atoms with Crippen molar-refractivity contribution in [1.29, 1.82) is 5.26 Å². The molecule has 0 atom stereocenters. The molecular formula is C27H24N6O. The van der Waals surface area contributed by atoms with Gasteiger partial charge in [0.05, 0.1) is 28.0 Å². The molecule has 0 amide bonds. The van der Waals surface area contributed by atoms with Gasteiger partial charge in [-0.25, -0.2) is 9.67 Å². The van der Waals surface area contributed by atoms with Crippen LogP contribution in [0.5, 0.6) is 0 Å². The number of nitriles is 1. The Morgan fingerprint density at radius 1 is 1.00 bits per heavy atom. The second-order valence-electron chi connectivity index (χ2n) is 8.82. The van der Waals surface area contributed by atoms with E-state index < -0.39 is 0 Å². The maximum atomic E-state index is 13.6. The molecule has 1 aliphatic rings. The zero-order valence-corrected chi connectivity index (χ0v) is 19.2. The third-order valence-electron chi connectivity index (χ3n) is 6.97. The molecule has 3 aromatic heterocycles. The van der Waals surface area contributed by atoms with Crippen molar-refractivity contribution in [1.82, 2.24) is 18.7 Å². The lowest BCUT2D eigenvalue weighted by molar-refractivity contribution is 0.630. The highest BCUT2D eigenvalue weighted by molar-refractivity contribution is 5.87. The number of rotatable bonds is 3. The van der Waals surface area contributed by atoms with Crippen LogP contribution in [0.3, 0.4) is 0 Å². The van der Waals surface area contributed by atoms with Crippen molar-refractivity contribution >= 4 is 28.2 Å². The molecule has 168 valence electrons. The monoisotopic (exact) mass is 448 g/mol. The second kappa shape index (κ2) is 7.63. The van der Waals surface area contributed by atoms with Crippen molar-refractivity contribution in [3.8, 4) is 11.8 Å². The Bertz CT molecular complexity index is 1680. The highest BCUT2D eigenvalue weighted by Crippen LogP contribution is 2.37. The molecule has 0 radical (unpaired) electrons. The minimum absolute atomic E-state index is 0.113. The van der Waals surface area contributed by atoms with Crippen molar-refractivity contribution in [2.45, 2.75) is 32.6 Å². The van der Waals surface area contributed by atoms with Gasteiger partial charge in [0, 0.05) is 7.05 Å². The van der Waals surface area contributed by atoms with Gasteiger partial charge in [-0.3, -0.25) is 13.9 Å². The Balaban J connectivity index is 1.66. The number of hydrogen-bond donors (Lipinski definition) is 1. The first-order valence-corrected chi connectivity index (χ1v) is 11.6. The molecule has 0 fully saturated rings. The quantitative estimate of drug-likeness (QED) is 0.431. The van der Waals surface area contributed by atoms with Crippen molar-refractivity contribution < 1.29 is 0 Å². The van der Waals surface area contributed by atoms with Gasteiger partial charge in [0.1, 0.15) is 17.6 Å². The Labute approximate surface area is 196 Å². The summed E-state index contributed by atoms with van der Waals surface area (Å²) in [4.78, 5) is 18.5. The van der Waals surface area contributed by atoms with Crippen molar-refractivity contribution in [3.05, 3.63) is 87.3 Å². The molecule has 0 unspecified atom stereocenters. The van der Waals surface area contributed by atoms with E-state index in [1.165, 1.54) is 0 Å². The minimum Gasteiger partial charge on any atom is -0.335 e. The van der Waals surface area contributed by atoms with Gasteiger partial charge in [-0.05, 0) is 68.0 Å². The first-order valence-electron chi connectivity index (χ1n) is 11.6. The number of anilines is 2. The molecule has 7 heteroatoms. The fourth-order valence-corrected chi connectivity index (χ4v) is 5.21. The van der Waals surface area contributed by atoms with Crippen LogP contribution in [-0.4, -0.2) is 18.7 Å². The van der Waals surface area contributed by atoms with Crippen LogP contribution < -0.4 is 10.9 Å². The van der Waals surface area contributed by atoms with E-state index in [0.717, 1.165) is 65.0 Å². The molecule has 0 bridgehead atoms. The van der Waals surface area contributed by atoms with E-state index in [-0.39, 0.29) is 5.56 Å². The molecule has 0 saturated carbocycles. The van der Waals surface area contributed by atoms with Crippen LogP contribution in [0.15, 0.2) is 59.4 Å². The van der Waals surface area contributed by atoms with E-state index in [9.17, 15) is 10.1 Å². The van der Waals surface area contributed by atoms with Crippen LogP contribution in [0, 0.1) is 18.3 Å². The van der Waals surface area contributed by atoms with E-state index in [0.29, 0.717) is 16.9 Å². The number of hydrogen-bond acceptors (Lipinski definition) is 4.